The zero-order chi connectivity index (χ0) is 23.7. The lowest BCUT2D eigenvalue weighted by Gasteiger charge is -2.18. The van der Waals surface area contributed by atoms with E-state index in [0.29, 0.717) is 22.3 Å². The number of benzene rings is 3. The lowest BCUT2D eigenvalue weighted by Crippen LogP contribution is -2.30. The largest absolute Gasteiger partial charge is 0.496 e. The quantitative estimate of drug-likeness (QED) is 0.570. The highest BCUT2D eigenvalue weighted by Gasteiger charge is 2.35. The van der Waals surface area contributed by atoms with Crippen LogP contribution < -0.4 is 10.1 Å². The lowest BCUT2D eigenvalue weighted by atomic mass is 10.1. The fourth-order valence-corrected chi connectivity index (χ4v) is 3.74. The Labute approximate surface area is 188 Å². The van der Waals surface area contributed by atoms with Crippen molar-refractivity contribution in [3.8, 4) is 5.75 Å². The van der Waals surface area contributed by atoms with Crippen LogP contribution in [0.25, 0.3) is 0 Å². The highest BCUT2D eigenvalue weighted by molar-refractivity contribution is 6.21. The molecule has 6 nitrogen and oxygen atoms in total. The molecule has 0 fully saturated rings. The van der Waals surface area contributed by atoms with Gasteiger partial charge in [-0.25, -0.2) is 8.78 Å². The van der Waals surface area contributed by atoms with Crippen molar-refractivity contribution in [3.63, 3.8) is 0 Å². The van der Waals surface area contributed by atoms with Gasteiger partial charge in [-0.2, -0.15) is 0 Å². The summed E-state index contributed by atoms with van der Waals surface area (Å²) in [6.45, 7) is 1.62. The van der Waals surface area contributed by atoms with Gasteiger partial charge in [0.1, 0.15) is 5.75 Å². The second kappa shape index (κ2) is 8.82. The second-order valence-electron chi connectivity index (χ2n) is 7.65. The number of hydrogen-bond acceptors (Lipinski definition) is 4. The summed E-state index contributed by atoms with van der Waals surface area (Å²) in [5, 5.41) is 2.73. The molecule has 168 valence electrons. The van der Waals surface area contributed by atoms with E-state index in [1.165, 1.54) is 19.2 Å². The van der Waals surface area contributed by atoms with E-state index in [-0.39, 0.29) is 17.9 Å². The Morgan fingerprint density at radius 1 is 0.970 bits per heavy atom. The summed E-state index contributed by atoms with van der Waals surface area (Å²) in [5.74, 6) is -2.99. The monoisotopic (exact) mass is 450 g/mol. The van der Waals surface area contributed by atoms with Gasteiger partial charge in [-0.3, -0.25) is 19.3 Å². The molecule has 3 amide bonds. The molecule has 0 saturated heterocycles. The van der Waals surface area contributed by atoms with E-state index in [2.05, 4.69) is 5.32 Å². The van der Waals surface area contributed by atoms with Crippen LogP contribution in [-0.4, -0.2) is 29.7 Å². The molecule has 1 aliphatic heterocycles. The Morgan fingerprint density at radius 3 is 2.24 bits per heavy atom. The summed E-state index contributed by atoms with van der Waals surface area (Å²) in [6, 6.07) is 14.2. The number of nitrogens with zero attached hydrogens (tertiary/aromatic N) is 1. The molecular weight excluding hydrogens is 430 g/mol. The van der Waals surface area contributed by atoms with Crippen molar-refractivity contribution >= 4 is 17.7 Å². The first-order valence-corrected chi connectivity index (χ1v) is 10.2. The van der Waals surface area contributed by atoms with Gasteiger partial charge in [0, 0.05) is 0 Å². The van der Waals surface area contributed by atoms with Crippen LogP contribution in [0, 0.1) is 11.6 Å². The van der Waals surface area contributed by atoms with E-state index < -0.39 is 35.4 Å². The third kappa shape index (κ3) is 4.19. The molecule has 1 heterocycles. The van der Waals surface area contributed by atoms with E-state index >= 15 is 0 Å². The molecule has 1 unspecified atom stereocenters. The van der Waals surface area contributed by atoms with Gasteiger partial charge >= 0.3 is 0 Å². The average Bonchev–Trinajstić information content (AvgIpc) is 3.05. The van der Waals surface area contributed by atoms with Crippen LogP contribution in [0.1, 0.15) is 55.2 Å². The molecule has 0 saturated carbocycles. The molecule has 1 atom stereocenters. The summed E-state index contributed by atoms with van der Waals surface area (Å²) in [6.07, 6.45) is 0. The van der Waals surface area contributed by atoms with Crippen molar-refractivity contribution in [1.82, 2.24) is 10.2 Å². The minimum atomic E-state index is -1.01. The average molecular weight is 450 g/mol. The standard InChI is InChI=1S/C25H20F2N2O4/c1-14(16-8-9-20(26)21(27)12-16)28-23(30)19-11-15(7-10-22(19)33-2)13-29-24(31)17-5-3-4-6-18(17)25(29)32/h3-12,14H,13H2,1-2H3,(H,28,30). The normalized spacial score (nSPS) is 13.6. The van der Waals surface area contributed by atoms with Crippen LogP contribution >= 0.6 is 0 Å². The first-order valence-electron chi connectivity index (χ1n) is 10.2. The number of methoxy groups -OCH3 is 1. The maximum Gasteiger partial charge on any atom is 0.261 e. The smallest absolute Gasteiger partial charge is 0.261 e. The zero-order valence-corrected chi connectivity index (χ0v) is 17.9. The van der Waals surface area contributed by atoms with E-state index in [1.54, 1.807) is 43.3 Å². The molecular formula is C25H20F2N2O4. The Morgan fingerprint density at radius 2 is 1.64 bits per heavy atom. The van der Waals surface area contributed by atoms with Crippen molar-refractivity contribution < 1.29 is 27.9 Å². The number of hydrogen-bond donors (Lipinski definition) is 1. The van der Waals surface area contributed by atoms with Gasteiger partial charge < -0.3 is 10.1 Å². The number of carbonyl (C=O) groups excluding carboxylic acids is 3. The predicted octanol–water partition coefficient (Wildman–Crippen LogP) is 4.26. The highest BCUT2D eigenvalue weighted by Crippen LogP contribution is 2.27. The maximum atomic E-state index is 13.6. The van der Waals surface area contributed by atoms with Crippen LogP contribution in [0.3, 0.4) is 0 Å². The van der Waals surface area contributed by atoms with Gasteiger partial charge in [-0.15, -0.1) is 0 Å². The second-order valence-corrected chi connectivity index (χ2v) is 7.65. The molecule has 8 heteroatoms. The number of fused-ring (bicyclic) bond motifs is 1. The summed E-state index contributed by atoms with van der Waals surface area (Å²) < 4.78 is 32.1. The molecule has 33 heavy (non-hydrogen) atoms. The lowest BCUT2D eigenvalue weighted by molar-refractivity contribution is 0.0642. The molecule has 0 aliphatic carbocycles. The van der Waals surface area contributed by atoms with Gasteiger partial charge in [-0.05, 0) is 54.4 Å². The third-order valence-electron chi connectivity index (χ3n) is 5.52. The Balaban J connectivity index is 1.56. The summed E-state index contributed by atoms with van der Waals surface area (Å²) in [5.41, 5.74) is 1.81. The SMILES string of the molecule is COc1ccc(CN2C(=O)c3ccccc3C2=O)cc1C(=O)NC(C)c1ccc(F)c(F)c1. The van der Waals surface area contributed by atoms with Gasteiger partial charge in [0.05, 0.1) is 36.4 Å². The fourth-order valence-electron chi connectivity index (χ4n) is 3.74. The summed E-state index contributed by atoms with van der Waals surface area (Å²) >= 11 is 0. The van der Waals surface area contributed by atoms with Crippen LogP contribution in [0.15, 0.2) is 60.7 Å². The molecule has 4 rings (SSSR count). The molecule has 1 aliphatic rings. The number of rotatable bonds is 6. The first-order chi connectivity index (χ1) is 15.8. The van der Waals surface area contributed by atoms with E-state index in [4.69, 9.17) is 4.74 Å². The topological polar surface area (TPSA) is 75.7 Å². The predicted molar refractivity (Wildman–Crippen MR) is 116 cm³/mol. The van der Waals surface area contributed by atoms with Crippen LogP contribution in [0.4, 0.5) is 8.78 Å². The van der Waals surface area contributed by atoms with Crippen molar-refractivity contribution in [1.29, 1.82) is 0 Å². The van der Waals surface area contributed by atoms with Crippen molar-refractivity contribution in [2.24, 2.45) is 0 Å². The maximum absolute atomic E-state index is 13.6. The van der Waals surface area contributed by atoms with Gasteiger partial charge in [-0.1, -0.05) is 24.3 Å². The van der Waals surface area contributed by atoms with Gasteiger partial charge in [0.2, 0.25) is 0 Å². The fraction of sp³-hybridized carbons (Fsp3) is 0.160. The zero-order valence-electron chi connectivity index (χ0n) is 17.9. The molecule has 0 radical (unpaired) electrons. The Kier molecular flexibility index (Phi) is 5.91. The minimum Gasteiger partial charge on any atom is -0.496 e. The molecule has 0 spiro atoms. The Hall–Kier alpha value is -4.07. The van der Waals surface area contributed by atoms with Crippen molar-refractivity contribution in [3.05, 3.63) is 100 Å². The molecule has 3 aromatic rings. The van der Waals surface area contributed by atoms with E-state index in [1.807, 2.05) is 0 Å². The van der Waals surface area contributed by atoms with E-state index in [9.17, 15) is 23.2 Å². The highest BCUT2D eigenvalue weighted by atomic mass is 19.2. The number of ether oxygens (including phenoxy) is 1. The van der Waals surface area contributed by atoms with Gasteiger partial charge in [0.15, 0.2) is 11.6 Å². The Bertz CT molecular complexity index is 1240. The molecule has 3 aromatic carbocycles. The van der Waals surface area contributed by atoms with Gasteiger partial charge in [0.25, 0.3) is 17.7 Å². The van der Waals surface area contributed by atoms with Crippen LogP contribution in [0.2, 0.25) is 0 Å². The summed E-state index contributed by atoms with van der Waals surface area (Å²) in [7, 11) is 1.41. The summed E-state index contributed by atoms with van der Waals surface area (Å²) in [4.78, 5) is 39.4. The molecule has 1 N–H and O–H groups in total. The number of carbonyl (C=O) groups is 3. The van der Waals surface area contributed by atoms with Crippen molar-refractivity contribution in [2.75, 3.05) is 7.11 Å². The third-order valence-corrected chi connectivity index (χ3v) is 5.52. The molecule has 0 bridgehead atoms. The van der Waals surface area contributed by atoms with Crippen LogP contribution in [-0.2, 0) is 6.54 Å². The number of nitrogens with one attached hydrogen (secondary N) is 1. The molecule has 0 aromatic heterocycles. The number of imide groups is 1. The van der Waals surface area contributed by atoms with Crippen molar-refractivity contribution in [2.45, 2.75) is 19.5 Å². The number of halogens is 2. The first kappa shape index (κ1) is 22.1. The minimum absolute atomic E-state index is 0.0185. The van der Waals surface area contributed by atoms with E-state index in [0.717, 1.165) is 17.0 Å². The van der Waals surface area contributed by atoms with Crippen LogP contribution in [0.5, 0.6) is 5.75 Å². The number of amides is 3.